The molecule has 1 aliphatic rings. The average molecular weight is 294 g/mol. The van der Waals surface area contributed by atoms with Gasteiger partial charge >= 0.3 is 5.97 Å². The first-order valence-corrected chi connectivity index (χ1v) is 6.64. The molecule has 1 aromatic carbocycles. The lowest BCUT2D eigenvalue weighted by molar-refractivity contribution is -0.124. The molecule has 0 aromatic heterocycles. The summed E-state index contributed by atoms with van der Waals surface area (Å²) in [4.78, 5) is 23.8. The third-order valence-corrected chi connectivity index (χ3v) is 3.42. The van der Waals surface area contributed by atoms with Gasteiger partial charge in [-0.25, -0.2) is 4.79 Å². The Morgan fingerprint density at radius 2 is 1.67 bits per heavy atom. The number of ether oxygens (including phenoxy) is 4. The zero-order valence-electron chi connectivity index (χ0n) is 12.3. The fourth-order valence-electron chi connectivity index (χ4n) is 2.29. The molecule has 0 amide bonds. The van der Waals surface area contributed by atoms with Crippen molar-refractivity contribution in [2.45, 2.75) is 25.4 Å². The van der Waals surface area contributed by atoms with Gasteiger partial charge in [0.1, 0.15) is 11.3 Å². The van der Waals surface area contributed by atoms with Gasteiger partial charge in [0.05, 0.1) is 21.3 Å². The highest BCUT2D eigenvalue weighted by molar-refractivity contribution is 5.96. The SMILES string of the molecule is COc1cc(OC)c(C(=O)OC2CCCC2=O)cc1OC. The standard InChI is InChI=1S/C15H18O6/c1-18-12-8-14(20-3)13(19-2)7-9(12)15(17)21-11-6-4-5-10(11)16/h7-8,11H,4-6H2,1-3H3. The molecule has 6 nitrogen and oxygen atoms in total. The lowest BCUT2D eigenvalue weighted by atomic mass is 10.1. The van der Waals surface area contributed by atoms with Crippen molar-refractivity contribution in [3.05, 3.63) is 17.7 Å². The van der Waals surface area contributed by atoms with Crippen LogP contribution in [0.3, 0.4) is 0 Å². The summed E-state index contributed by atoms with van der Waals surface area (Å²) in [6.45, 7) is 0. The van der Waals surface area contributed by atoms with Crippen LogP contribution in [-0.4, -0.2) is 39.2 Å². The van der Waals surface area contributed by atoms with Gasteiger partial charge in [0, 0.05) is 18.6 Å². The molecule has 6 heteroatoms. The Labute approximate surface area is 122 Å². The van der Waals surface area contributed by atoms with Crippen LogP contribution in [0.5, 0.6) is 17.2 Å². The lowest BCUT2D eigenvalue weighted by Crippen LogP contribution is -2.22. The second-order valence-electron chi connectivity index (χ2n) is 4.66. The van der Waals surface area contributed by atoms with E-state index in [2.05, 4.69) is 0 Å². The Bertz CT molecular complexity index is 551. The van der Waals surface area contributed by atoms with E-state index < -0.39 is 12.1 Å². The third-order valence-electron chi connectivity index (χ3n) is 3.42. The molecule has 0 saturated heterocycles. The molecule has 1 unspecified atom stereocenters. The van der Waals surface area contributed by atoms with Crippen LogP contribution >= 0.6 is 0 Å². The van der Waals surface area contributed by atoms with E-state index in [-0.39, 0.29) is 11.3 Å². The van der Waals surface area contributed by atoms with Crippen LogP contribution in [0.15, 0.2) is 12.1 Å². The molecule has 1 aliphatic carbocycles. The Morgan fingerprint density at radius 1 is 1.05 bits per heavy atom. The van der Waals surface area contributed by atoms with Crippen molar-refractivity contribution < 1.29 is 28.5 Å². The minimum atomic E-state index is -0.657. The summed E-state index contributed by atoms with van der Waals surface area (Å²) in [6.07, 6.45) is 1.12. The molecule has 1 atom stereocenters. The number of carbonyl (C=O) groups excluding carboxylic acids is 2. The van der Waals surface area contributed by atoms with Gasteiger partial charge in [-0.15, -0.1) is 0 Å². The van der Waals surface area contributed by atoms with Crippen LogP contribution in [0, 0.1) is 0 Å². The van der Waals surface area contributed by atoms with Gasteiger partial charge in [-0.05, 0) is 12.8 Å². The number of benzene rings is 1. The quantitative estimate of drug-likeness (QED) is 0.773. The number of ketones is 1. The first-order valence-electron chi connectivity index (χ1n) is 6.64. The molecule has 1 aromatic rings. The van der Waals surface area contributed by atoms with E-state index >= 15 is 0 Å². The predicted molar refractivity (Wildman–Crippen MR) is 74.2 cm³/mol. The molecule has 0 spiro atoms. The molecule has 21 heavy (non-hydrogen) atoms. The van der Waals surface area contributed by atoms with Gasteiger partial charge in [0.25, 0.3) is 0 Å². The summed E-state index contributed by atoms with van der Waals surface area (Å²) >= 11 is 0. The van der Waals surface area contributed by atoms with Crippen molar-refractivity contribution >= 4 is 11.8 Å². The van der Waals surface area contributed by atoms with Crippen molar-refractivity contribution in [3.8, 4) is 17.2 Å². The Hall–Kier alpha value is -2.24. The Balaban J connectivity index is 2.28. The van der Waals surface area contributed by atoms with E-state index in [0.29, 0.717) is 30.1 Å². The highest BCUT2D eigenvalue weighted by Gasteiger charge is 2.29. The summed E-state index contributed by atoms with van der Waals surface area (Å²) in [5.41, 5.74) is 0.204. The number of hydrogen-bond acceptors (Lipinski definition) is 6. The van der Waals surface area contributed by atoms with E-state index in [0.717, 1.165) is 6.42 Å². The molecule has 0 bridgehead atoms. The molecular weight excluding hydrogens is 276 g/mol. The van der Waals surface area contributed by atoms with Gasteiger partial charge in [0.15, 0.2) is 23.4 Å². The first-order chi connectivity index (χ1) is 10.1. The minimum absolute atomic E-state index is 0.0391. The van der Waals surface area contributed by atoms with Crippen molar-refractivity contribution in [3.63, 3.8) is 0 Å². The average Bonchev–Trinajstić information content (AvgIpc) is 2.90. The maximum atomic E-state index is 12.2. The van der Waals surface area contributed by atoms with Gasteiger partial charge in [-0.2, -0.15) is 0 Å². The van der Waals surface area contributed by atoms with E-state index in [4.69, 9.17) is 18.9 Å². The first kappa shape index (κ1) is 15.2. The van der Waals surface area contributed by atoms with Crippen LogP contribution < -0.4 is 14.2 Å². The summed E-state index contributed by atoms with van der Waals surface area (Å²) in [5.74, 6) is 0.504. The molecule has 0 radical (unpaired) electrons. The molecule has 1 saturated carbocycles. The fraction of sp³-hybridized carbons (Fsp3) is 0.467. The van der Waals surface area contributed by atoms with Crippen LogP contribution in [0.2, 0.25) is 0 Å². The topological polar surface area (TPSA) is 71.1 Å². The summed E-state index contributed by atoms with van der Waals surface area (Å²) < 4.78 is 20.8. The van der Waals surface area contributed by atoms with E-state index in [1.807, 2.05) is 0 Å². The number of Topliss-reactive ketones (excluding diaryl/α,β-unsaturated/α-hetero) is 1. The summed E-state index contributed by atoms with van der Waals surface area (Å²) in [5, 5.41) is 0. The fourth-order valence-corrected chi connectivity index (χ4v) is 2.29. The predicted octanol–water partition coefficient (Wildman–Crippen LogP) is 1.99. The van der Waals surface area contributed by atoms with E-state index in [1.165, 1.54) is 27.4 Å². The smallest absolute Gasteiger partial charge is 0.342 e. The molecule has 1 fully saturated rings. The zero-order chi connectivity index (χ0) is 15.4. The van der Waals surface area contributed by atoms with Crippen molar-refractivity contribution in [2.24, 2.45) is 0 Å². The number of hydrogen-bond donors (Lipinski definition) is 0. The summed E-state index contributed by atoms with van der Waals surface area (Å²) in [6, 6.07) is 3.03. The molecule has 2 rings (SSSR count). The van der Waals surface area contributed by atoms with Crippen LogP contribution in [-0.2, 0) is 9.53 Å². The lowest BCUT2D eigenvalue weighted by Gasteiger charge is -2.15. The molecule has 0 aliphatic heterocycles. The van der Waals surface area contributed by atoms with Crippen molar-refractivity contribution in [1.29, 1.82) is 0 Å². The van der Waals surface area contributed by atoms with E-state index in [9.17, 15) is 9.59 Å². The molecular formula is C15H18O6. The number of esters is 1. The maximum absolute atomic E-state index is 12.2. The second kappa shape index (κ2) is 6.47. The van der Waals surface area contributed by atoms with Gasteiger partial charge < -0.3 is 18.9 Å². The number of rotatable bonds is 5. The van der Waals surface area contributed by atoms with Crippen LogP contribution in [0.25, 0.3) is 0 Å². The number of carbonyl (C=O) groups is 2. The molecule has 114 valence electrons. The zero-order valence-corrected chi connectivity index (χ0v) is 12.3. The number of methoxy groups -OCH3 is 3. The molecule has 0 heterocycles. The second-order valence-corrected chi connectivity index (χ2v) is 4.66. The maximum Gasteiger partial charge on any atom is 0.342 e. The van der Waals surface area contributed by atoms with Gasteiger partial charge in [-0.1, -0.05) is 0 Å². The Kier molecular flexibility index (Phi) is 4.67. The highest BCUT2D eigenvalue weighted by atomic mass is 16.6. The third kappa shape index (κ3) is 3.09. The van der Waals surface area contributed by atoms with Gasteiger partial charge in [-0.3, -0.25) is 4.79 Å². The Morgan fingerprint density at radius 3 is 2.19 bits per heavy atom. The van der Waals surface area contributed by atoms with Crippen molar-refractivity contribution in [1.82, 2.24) is 0 Å². The summed E-state index contributed by atoms with van der Waals surface area (Å²) in [7, 11) is 4.41. The van der Waals surface area contributed by atoms with Crippen molar-refractivity contribution in [2.75, 3.05) is 21.3 Å². The monoisotopic (exact) mass is 294 g/mol. The molecule has 0 N–H and O–H groups in total. The minimum Gasteiger partial charge on any atom is -0.496 e. The van der Waals surface area contributed by atoms with Crippen LogP contribution in [0.1, 0.15) is 29.6 Å². The van der Waals surface area contributed by atoms with Gasteiger partial charge in [0.2, 0.25) is 0 Å². The van der Waals surface area contributed by atoms with Crippen LogP contribution in [0.4, 0.5) is 0 Å². The largest absolute Gasteiger partial charge is 0.496 e. The van der Waals surface area contributed by atoms with E-state index in [1.54, 1.807) is 6.07 Å². The normalized spacial score (nSPS) is 17.5. The highest BCUT2D eigenvalue weighted by Crippen LogP contribution is 2.35.